The predicted molar refractivity (Wildman–Crippen MR) is 146 cm³/mol. The number of hydrogen-bond donors (Lipinski definition) is 1. The quantitative estimate of drug-likeness (QED) is 0.0522. The molecule has 0 radical (unpaired) electrons. The minimum absolute atomic E-state index is 0.146. The van der Waals surface area contributed by atoms with Gasteiger partial charge in [-0.15, -0.1) is 0 Å². The summed E-state index contributed by atoms with van der Waals surface area (Å²) in [4.78, 5) is 14.3. The van der Waals surface area contributed by atoms with Crippen LogP contribution in [0.2, 0.25) is 0 Å². The molecule has 0 heterocycles. The molecule has 3 atom stereocenters. The average Bonchev–Trinajstić information content (AvgIpc) is 2.84. The van der Waals surface area contributed by atoms with Crippen LogP contribution in [0, 0.1) is 0 Å². The molecule has 0 fully saturated rings. The monoisotopic (exact) mass is 524 g/mol. The van der Waals surface area contributed by atoms with Crippen molar-refractivity contribution in [2.24, 2.45) is 0 Å². The van der Waals surface area contributed by atoms with Crippen LogP contribution >= 0.6 is 19.8 Å². The van der Waals surface area contributed by atoms with Gasteiger partial charge in [0, 0.05) is 11.9 Å². The molecule has 0 aliphatic rings. The highest BCUT2D eigenvalue weighted by Crippen LogP contribution is 2.27. The van der Waals surface area contributed by atoms with Gasteiger partial charge in [0.05, 0.1) is 12.7 Å². The first-order chi connectivity index (χ1) is 16.6. The maximum atomic E-state index is 11.4. The molecule has 204 valence electrons. The van der Waals surface area contributed by atoms with Gasteiger partial charge in [0.1, 0.15) is 0 Å². The highest BCUT2D eigenvalue weighted by atomic mass is 32.2. The number of ether oxygens (including phenoxy) is 1. The van der Waals surface area contributed by atoms with Crippen molar-refractivity contribution in [1.29, 1.82) is 0 Å². The zero-order chi connectivity index (χ0) is 25.3. The largest absolute Gasteiger partial charge is 0.421 e. The summed E-state index contributed by atoms with van der Waals surface area (Å²) in [6.07, 6.45) is 21.9. The Morgan fingerprint density at radius 1 is 0.794 bits per heavy atom. The Balaban J connectivity index is 4.16. The van der Waals surface area contributed by atoms with Gasteiger partial charge in [0.15, 0.2) is 0 Å². The topological polar surface area (TPSA) is 82.1 Å². The van der Waals surface area contributed by atoms with E-state index in [2.05, 4.69) is 37.4 Å². The van der Waals surface area contributed by atoms with E-state index in [4.69, 9.17) is 14.5 Å². The molecule has 0 saturated carbocycles. The van der Waals surface area contributed by atoms with Crippen molar-refractivity contribution >= 4 is 25.5 Å². The van der Waals surface area contributed by atoms with E-state index in [-0.39, 0.29) is 12.7 Å². The van der Waals surface area contributed by atoms with Gasteiger partial charge in [-0.25, -0.2) is 4.79 Å². The van der Waals surface area contributed by atoms with Crippen LogP contribution in [0.3, 0.4) is 0 Å². The highest BCUT2D eigenvalue weighted by Gasteiger charge is 2.18. The lowest BCUT2D eigenvalue weighted by molar-refractivity contribution is -0.168. The Morgan fingerprint density at radius 3 is 1.88 bits per heavy atom. The molecule has 0 amide bonds. The summed E-state index contributed by atoms with van der Waals surface area (Å²) in [5.74, 6) is 1.19. The van der Waals surface area contributed by atoms with E-state index >= 15 is 0 Å². The Kier molecular flexibility index (Phi) is 26.0. The van der Waals surface area contributed by atoms with E-state index in [0.717, 1.165) is 0 Å². The van der Waals surface area contributed by atoms with Gasteiger partial charge in [0.2, 0.25) is 0 Å². The minimum atomic E-state index is -3.00. The first kappa shape index (κ1) is 33.9. The average molecular weight is 525 g/mol. The predicted octanol–water partition coefficient (Wildman–Crippen LogP) is 9.27. The molecule has 0 aromatic heterocycles. The smallest absolute Gasteiger partial charge is 0.377 e. The molecule has 0 saturated heterocycles. The molecular formula is C26H53O6PS. The third-order valence-corrected chi connectivity index (χ3v) is 8.56. The normalized spacial score (nSPS) is 14.1. The second-order valence-electron chi connectivity index (χ2n) is 9.24. The van der Waals surface area contributed by atoms with Crippen molar-refractivity contribution in [3.8, 4) is 0 Å². The molecule has 34 heavy (non-hydrogen) atoms. The fourth-order valence-corrected chi connectivity index (χ4v) is 5.80. The molecule has 0 aromatic carbocycles. The van der Waals surface area contributed by atoms with E-state index in [1.165, 1.54) is 108 Å². The van der Waals surface area contributed by atoms with E-state index in [0.29, 0.717) is 18.3 Å². The van der Waals surface area contributed by atoms with Crippen molar-refractivity contribution < 1.29 is 28.8 Å². The number of carbonyl (C=O) groups excluding carboxylic acids is 1. The number of carbonyl (C=O) groups is 1. The van der Waals surface area contributed by atoms with Gasteiger partial charge < -0.3 is 9.26 Å². The fraction of sp³-hybridized carbons (Fsp3) is 0.962. The van der Waals surface area contributed by atoms with Crippen LogP contribution in [0.1, 0.15) is 130 Å². The zero-order valence-electron chi connectivity index (χ0n) is 22.2. The van der Waals surface area contributed by atoms with Gasteiger partial charge in [-0.05, 0) is 31.9 Å². The fourth-order valence-electron chi connectivity index (χ4n) is 3.92. The van der Waals surface area contributed by atoms with Crippen LogP contribution in [0.25, 0.3) is 0 Å². The van der Waals surface area contributed by atoms with Crippen LogP contribution in [-0.2, 0) is 18.7 Å². The van der Waals surface area contributed by atoms with Crippen LogP contribution in [0.15, 0.2) is 0 Å². The minimum Gasteiger partial charge on any atom is -0.377 e. The Bertz CT molecular complexity index is 480. The third kappa shape index (κ3) is 21.2. The standard InChI is InChI=1S/C26H53O6PS/c1-4-6-8-10-12-14-16-18-23-34-25(20-17-15-13-11-9-7-5-2)24(3)30-21-19-22-31-33(29)26(27)32-28/h24-25,28,33H,4-23H2,1-3H3. The van der Waals surface area contributed by atoms with E-state index in [1.54, 1.807) is 0 Å². The third-order valence-electron chi connectivity index (χ3n) is 6.10. The highest BCUT2D eigenvalue weighted by molar-refractivity contribution is 7.99. The van der Waals surface area contributed by atoms with Crippen molar-refractivity contribution in [3.05, 3.63) is 0 Å². The summed E-state index contributed by atoms with van der Waals surface area (Å²) in [7, 11) is -3.00. The molecule has 0 spiro atoms. The Morgan fingerprint density at radius 2 is 1.32 bits per heavy atom. The molecule has 0 rings (SSSR count). The number of rotatable bonds is 26. The van der Waals surface area contributed by atoms with Gasteiger partial charge in [-0.3, -0.25) is 9.45 Å². The van der Waals surface area contributed by atoms with Crippen LogP contribution < -0.4 is 0 Å². The number of hydrogen-bond acceptors (Lipinski definition) is 7. The van der Waals surface area contributed by atoms with Crippen molar-refractivity contribution in [2.75, 3.05) is 19.0 Å². The van der Waals surface area contributed by atoms with Gasteiger partial charge >= 0.3 is 13.7 Å². The van der Waals surface area contributed by atoms with Gasteiger partial charge in [-0.2, -0.15) is 17.0 Å². The van der Waals surface area contributed by atoms with Crippen LogP contribution in [-0.4, -0.2) is 41.3 Å². The second-order valence-corrected chi connectivity index (χ2v) is 11.9. The molecule has 8 heteroatoms. The summed E-state index contributed by atoms with van der Waals surface area (Å²) in [6.45, 7) is 7.31. The Labute approximate surface area is 214 Å². The van der Waals surface area contributed by atoms with Crippen LogP contribution in [0.4, 0.5) is 4.79 Å². The van der Waals surface area contributed by atoms with Crippen LogP contribution in [0.5, 0.6) is 0 Å². The first-order valence-electron chi connectivity index (χ1n) is 13.8. The van der Waals surface area contributed by atoms with E-state index < -0.39 is 13.7 Å². The summed E-state index contributed by atoms with van der Waals surface area (Å²) in [5.41, 5.74) is -1.22. The molecule has 0 bridgehead atoms. The summed E-state index contributed by atoms with van der Waals surface area (Å²) >= 11 is 2.06. The first-order valence-corrected chi connectivity index (χ1v) is 16.2. The molecule has 0 aliphatic heterocycles. The van der Waals surface area contributed by atoms with E-state index in [1.807, 2.05) is 0 Å². The van der Waals surface area contributed by atoms with Gasteiger partial charge in [-0.1, -0.05) is 104 Å². The zero-order valence-corrected chi connectivity index (χ0v) is 24.0. The number of unbranched alkanes of at least 4 members (excludes halogenated alkanes) is 13. The molecule has 0 aromatic rings. The lowest BCUT2D eigenvalue weighted by Gasteiger charge is -2.24. The molecule has 0 aliphatic carbocycles. The van der Waals surface area contributed by atoms with E-state index in [9.17, 15) is 9.36 Å². The number of thioether (sulfide) groups is 1. The summed E-state index contributed by atoms with van der Waals surface area (Å²) < 4.78 is 22.3. The van der Waals surface area contributed by atoms with Crippen molar-refractivity contribution in [3.63, 3.8) is 0 Å². The van der Waals surface area contributed by atoms with Gasteiger partial charge in [0.25, 0.3) is 0 Å². The summed E-state index contributed by atoms with van der Waals surface area (Å²) in [6, 6.07) is 0. The summed E-state index contributed by atoms with van der Waals surface area (Å²) in [5, 5.41) is 8.71. The molecule has 6 nitrogen and oxygen atoms in total. The lowest BCUT2D eigenvalue weighted by Crippen LogP contribution is -2.24. The molecule has 1 N–H and O–H groups in total. The SMILES string of the molecule is CCCCCCCCCCSC(CCCCCCCCC)C(C)OCCCO[PH](=O)C(=O)OO. The van der Waals surface area contributed by atoms with Crippen molar-refractivity contribution in [2.45, 2.75) is 141 Å². The Hall–Kier alpha value is -0.0700. The maximum Gasteiger partial charge on any atom is 0.421 e. The molecule has 3 unspecified atom stereocenters. The van der Waals surface area contributed by atoms with Crippen molar-refractivity contribution in [1.82, 2.24) is 0 Å². The molecular weight excluding hydrogens is 471 g/mol. The maximum absolute atomic E-state index is 11.4. The second kappa shape index (κ2) is 26.0. The lowest BCUT2D eigenvalue weighted by atomic mass is 10.1.